The van der Waals surface area contributed by atoms with Gasteiger partial charge in [-0.3, -0.25) is 9.69 Å². The summed E-state index contributed by atoms with van der Waals surface area (Å²) in [6.45, 7) is 0.208. The van der Waals surface area contributed by atoms with Crippen molar-refractivity contribution in [3.8, 4) is 11.3 Å². The molecule has 2 saturated carbocycles. The van der Waals surface area contributed by atoms with Crippen LogP contribution in [0.4, 0.5) is 0 Å². The first kappa shape index (κ1) is 23.2. The minimum Gasteiger partial charge on any atom is -0.456 e. The van der Waals surface area contributed by atoms with Crippen LogP contribution in [0.2, 0.25) is 5.02 Å². The fraction of sp³-hybridized carbons (Fsp3) is 0.462. The summed E-state index contributed by atoms with van der Waals surface area (Å²) in [6, 6.07) is 9.90. The number of unbranched alkanes of at least 4 members (excludes halogenated alkanes) is 2. The number of fused-ring (bicyclic) bond motifs is 2. The van der Waals surface area contributed by atoms with Gasteiger partial charge in [0.2, 0.25) is 0 Å². The standard InChI is InChI=1S/C26H28ClNO3S2/c27-20-9-7-17(8-10-20)22-14-19(4-2-1-3-11-29)23(31-22)15-24-25(30)28(26(32)33-24)21-13-16-5-6-18(21)12-16/h7-10,14-16,18,21,29H,1-6,11-13H2/b24-15-. The lowest BCUT2D eigenvalue weighted by Gasteiger charge is -2.30. The maximum Gasteiger partial charge on any atom is 0.266 e. The molecule has 0 spiro atoms. The highest BCUT2D eigenvalue weighted by Gasteiger charge is 2.48. The van der Waals surface area contributed by atoms with Crippen molar-refractivity contribution in [1.29, 1.82) is 0 Å². The van der Waals surface area contributed by atoms with E-state index >= 15 is 0 Å². The Kier molecular flexibility index (Phi) is 6.98. The van der Waals surface area contributed by atoms with Crippen molar-refractivity contribution < 1.29 is 14.3 Å². The lowest BCUT2D eigenvalue weighted by atomic mass is 9.94. The Hall–Kier alpha value is -1.60. The van der Waals surface area contributed by atoms with Crippen LogP contribution in [0.25, 0.3) is 17.4 Å². The van der Waals surface area contributed by atoms with Crippen molar-refractivity contribution in [2.45, 2.75) is 57.4 Å². The van der Waals surface area contributed by atoms with Gasteiger partial charge in [-0.05, 0) is 86.3 Å². The maximum absolute atomic E-state index is 13.4. The zero-order valence-electron chi connectivity index (χ0n) is 18.5. The number of carbonyl (C=O) groups is 1. The van der Waals surface area contributed by atoms with Crippen LogP contribution in [0.3, 0.4) is 0 Å². The van der Waals surface area contributed by atoms with Gasteiger partial charge in [-0.1, -0.05) is 48.4 Å². The number of amides is 1. The Morgan fingerprint density at radius 3 is 2.70 bits per heavy atom. The molecule has 7 heteroatoms. The Labute approximate surface area is 209 Å². The number of furan rings is 1. The van der Waals surface area contributed by atoms with Gasteiger partial charge in [-0.15, -0.1) is 0 Å². The van der Waals surface area contributed by atoms with Gasteiger partial charge in [0.15, 0.2) is 0 Å². The molecular formula is C26H28ClNO3S2. The van der Waals surface area contributed by atoms with E-state index in [9.17, 15) is 4.79 Å². The van der Waals surface area contributed by atoms with E-state index < -0.39 is 0 Å². The van der Waals surface area contributed by atoms with E-state index in [1.807, 2.05) is 35.2 Å². The molecule has 33 heavy (non-hydrogen) atoms. The largest absolute Gasteiger partial charge is 0.456 e. The molecule has 2 aromatic rings. The second-order valence-corrected chi connectivity index (χ2v) is 11.4. The maximum atomic E-state index is 13.4. The van der Waals surface area contributed by atoms with Gasteiger partial charge in [-0.2, -0.15) is 0 Å². The van der Waals surface area contributed by atoms with Gasteiger partial charge < -0.3 is 9.52 Å². The summed E-state index contributed by atoms with van der Waals surface area (Å²) in [5.41, 5.74) is 2.02. The van der Waals surface area contributed by atoms with Crippen LogP contribution in [-0.4, -0.2) is 32.9 Å². The fourth-order valence-electron chi connectivity index (χ4n) is 5.53. The summed E-state index contributed by atoms with van der Waals surface area (Å²) in [4.78, 5) is 15.9. The molecule has 4 nitrogen and oxygen atoms in total. The van der Waals surface area contributed by atoms with E-state index in [2.05, 4.69) is 6.07 Å². The summed E-state index contributed by atoms with van der Waals surface area (Å²) in [7, 11) is 0. The molecule has 174 valence electrons. The first-order valence-corrected chi connectivity index (χ1v) is 13.4. The topological polar surface area (TPSA) is 53.7 Å². The van der Waals surface area contributed by atoms with Gasteiger partial charge in [0.1, 0.15) is 15.8 Å². The van der Waals surface area contributed by atoms with Crippen LogP contribution in [0.5, 0.6) is 0 Å². The highest BCUT2D eigenvalue weighted by Crippen LogP contribution is 2.49. The molecule has 3 atom stereocenters. The number of thiocarbonyl (C=S) groups is 1. The average molecular weight is 502 g/mol. The number of carbonyl (C=O) groups excluding carboxylic acids is 1. The zero-order valence-corrected chi connectivity index (χ0v) is 20.9. The smallest absolute Gasteiger partial charge is 0.266 e. The van der Waals surface area contributed by atoms with Crippen molar-refractivity contribution in [3.05, 3.63) is 51.6 Å². The summed E-state index contributed by atoms with van der Waals surface area (Å²) < 4.78 is 6.94. The summed E-state index contributed by atoms with van der Waals surface area (Å²) >= 11 is 13.1. The first-order valence-electron chi connectivity index (χ1n) is 11.8. The monoisotopic (exact) mass is 501 g/mol. The molecule has 2 aliphatic carbocycles. The van der Waals surface area contributed by atoms with Crippen molar-refractivity contribution in [1.82, 2.24) is 4.90 Å². The number of halogens is 1. The van der Waals surface area contributed by atoms with E-state index in [4.69, 9.17) is 33.3 Å². The van der Waals surface area contributed by atoms with Crippen molar-refractivity contribution in [3.63, 3.8) is 0 Å². The van der Waals surface area contributed by atoms with Crippen molar-refractivity contribution in [2.75, 3.05) is 6.61 Å². The molecule has 1 aromatic heterocycles. The molecule has 2 bridgehead atoms. The molecule has 1 aliphatic heterocycles. The molecule has 1 N–H and O–H groups in total. The van der Waals surface area contributed by atoms with E-state index in [0.29, 0.717) is 20.2 Å². The van der Waals surface area contributed by atoms with E-state index in [0.717, 1.165) is 60.7 Å². The van der Waals surface area contributed by atoms with Crippen LogP contribution in [0.1, 0.15) is 56.3 Å². The predicted octanol–water partition coefficient (Wildman–Crippen LogP) is 6.69. The number of hydrogen-bond acceptors (Lipinski definition) is 5. The highest BCUT2D eigenvalue weighted by atomic mass is 35.5. The molecule has 3 unspecified atom stereocenters. The van der Waals surface area contributed by atoms with Gasteiger partial charge in [0.25, 0.3) is 5.91 Å². The molecule has 1 amide bonds. The number of rotatable bonds is 8. The van der Waals surface area contributed by atoms with Crippen molar-refractivity contribution in [2.24, 2.45) is 11.8 Å². The number of hydrogen-bond donors (Lipinski definition) is 1. The second-order valence-electron chi connectivity index (χ2n) is 9.34. The minimum absolute atomic E-state index is 0.0261. The van der Waals surface area contributed by atoms with Crippen LogP contribution in [-0.2, 0) is 11.2 Å². The normalized spacial score (nSPS) is 25.7. The van der Waals surface area contributed by atoms with E-state index in [1.165, 1.54) is 31.0 Å². The first-order chi connectivity index (χ1) is 16.0. The third kappa shape index (κ3) is 4.81. The molecule has 3 aliphatic rings. The van der Waals surface area contributed by atoms with Crippen molar-refractivity contribution >= 4 is 51.9 Å². The molecule has 1 aromatic carbocycles. The SMILES string of the molecule is O=C1/C(=C/c2oc(-c3ccc(Cl)cc3)cc2CCCCCO)SC(=S)N1C1CC2CCC1C2. The van der Waals surface area contributed by atoms with Gasteiger partial charge in [-0.25, -0.2) is 0 Å². The van der Waals surface area contributed by atoms with Crippen LogP contribution < -0.4 is 0 Å². The quantitative estimate of drug-likeness (QED) is 0.248. The Balaban J connectivity index is 1.41. The highest BCUT2D eigenvalue weighted by molar-refractivity contribution is 8.26. The Morgan fingerprint density at radius 1 is 1.18 bits per heavy atom. The lowest BCUT2D eigenvalue weighted by molar-refractivity contribution is -0.124. The molecule has 1 saturated heterocycles. The predicted molar refractivity (Wildman–Crippen MR) is 138 cm³/mol. The van der Waals surface area contributed by atoms with Gasteiger partial charge in [0.05, 0.1) is 4.91 Å². The number of thioether (sulfide) groups is 1. The number of nitrogens with zero attached hydrogens (tertiary/aromatic N) is 1. The Morgan fingerprint density at radius 2 is 2.00 bits per heavy atom. The summed E-state index contributed by atoms with van der Waals surface area (Å²) in [6.07, 6.45) is 10.2. The Bertz CT molecular complexity index is 1080. The summed E-state index contributed by atoms with van der Waals surface area (Å²) in [5, 5.41) is 9.77. The molecule has 0 radical (unpaired) electrons. The third-order valence-electron chi connectivity index (χ3n) is 7.19. The van der Waals surface area contributed by atoms with E-state index in [1.54, 1.807) is 0 Å². The molecule has 5 rings (SSSR count). The van der Waals surface area contributed by atoms with Gasteiger partial charge in [0, 0.05) is 29.3 Å². The lowest BCUT2D eigenvalue weighted by Crippen LogP contribution is -2.41. The molecule has 3 fully saturated rings. The van der Waals surface area contributed by atoms with Crippen LogP contribution >= 0.6 is 35.6 Å². The van der Waals surface area contributed by atoms with Gasteiger partial charge >= 0.3 is 0 Å². The fourth-order valence-corrected chi connectivity index (χ4v) is 7.00. The molecular weight excluding hydrogens is 474 g/mol. The van der Waals surface area contributed by atoms with E-state index in [-0.39, 0.29) is 18.6 Å². The average Bonchev–Trinajstić information content (AvgIpc) is 3.57. The number of aliphatic hydroxyl groups is 1. The second kappa shape index (κ2) is 9.95. The van der Waals surface area contributed by atoms with Crippen LogP contribution in [0, 0.1) is 11.8 Å². The number of aryl methyl sites for hydroxylation is 1. The minimum atomic E-state index is 0.0261. The zero-order chi connectivity index (χ0) is 22.9. The molecule has 2 heterocycles. The third-order valence-corrected chi connectivity index (χ3v) is 8.78. The van der Waals surface area contributed by atoms with Crippen LogP contribution in [0.15, 0.2) is 39.7 Å². The summed E-state index contributed by atoms with van der Waals surface area (Å²) in [5.74, 6) is 2.86. The number of aliphatic hydroxyl groups excluding tert-OH is 1. The number of benzene rings is 1.